The molecule has 0 amide bonds. The van der Waals surface area contributed by atoms with Crippen LogP contribution >= 0.6 is 11.3 Å². The van der Waals surface area contributed by atoms with E-state index in [2.05, 4.69) is 45.5 Å². The zero-order valence-electron chi connectivity index (χ0n) is 11.4. The maximum Gasteiger partial charge on any atom is 0.160 e. The normalized spacial score (nSPS) is 16.3. The molecule has 20 heavy (non-hydrogen) atoms. The molecule has 104 valence electrons. The van der Waals surface area contributed by atoms with Crippen molar-refractivity contribution in [2.45, 2.75) is 6.54 Å². The summed E-state index contributed by atoms with van der Waals surface area (Å²) < 4.78 is 0. The van der Waals surface area contributed by atoms with Gasteiger partial charge in [0.1, 0.15) is 0 Å². The SMILES string of the molecule is O=Cc1cc(N2CCN(Cc3ccccc3)CC2)cs1. The van der Waals surface area contributed by atoms with E-state index >= 15 is 0 Å². The lowest BCUT2D eigenvalue weighted by atomic mass is 10.2. The summed E-state index contributed by atoms with van der Waals surface area (Å²) in [4.78, 5) is 16.4. The second kappa shape index (κ2) is 6.20. The molecule has 4 heteroatoms. The van der Waals surface area contributed by atoms with Crippen LogP contribution in [-0.2, 0) is 6.54 Å². The molecule has 2 heterocycles. The van der Waals surface area contributed by atoms with Crippen molar-refractivity contribution < 1.29 is 4.79 Å². The van der Waals surface area contributed by atoms with E-state index in [0.29, 0.717) is 0 Å². The number of rotatable bonds is 4. The Labute approximate surface area is 123 Å². The average molecular weight is 286 g/mol. The first kappa shape index (κ1) is 13.3. The van der Waals surface area contributed by atoms with Gasteiger partial charge >= 0.3 is 0 Å². The minimum Gasteiger partial charge on any atom is -0.368 e. The van der Waals surface area contributed by atoms with Gasteiger partial charge in [-0.3, -0.25) is 9.69 Å². The Morgan fingerprint density at radius 3 is 2.50 bits per heavy atom. The quantitative estimate of drug-likeness (QED) is 0.808. The molecule has 1 aliphatic heterocycles. The molecule has 0 N–H and O–H groups in total. The van der Waals surface area contributed by atoms with Crippen LogP contribution < -0.4 is 4.90 Å². The molecule has 0 spiro atoms. The molecular weight excluding hydrogens is 268 g/mol. The number of thiophene rings is 1. The molecule has 1 fully saturated rings. The molecule has 0 saturated carbocycles. The van der Waals surface area contributed by atoms with E-state index in [4.69, 9.17) is 0 Å². The van der Waals surface area contributed by atoms with E-state index in [9.17, 15) is 4.79 Å². The van der Waals surface area contributed by atoms with Gasteiger partial charge in [0.2, 0.25) is 0 Å². The van der Waals surface area contributed by atoms with E-state index in [1.165, 1.54) is 22.6 Å². The molecule has 1 saturated heterocycles. The standard InChI is InChI=1S/C16H18N2OS/c19-12-16-10-15(13-20-16)18-8-6-17(7-9-18)11-14-4-2-1-3-5-14/h1-5,10,12-13H,6-9,11H2. The summed E-state index contributed by atoms with van der Waals surface area (Å²) in [6, 6.07) is 12.6. The Kier molecular flexibility index (Phi) is 4.14. The first-order chi connectivity index (χ1) is 9.85. The van der Waals surface area contributed by atoms with E-state index in [1.54, 1.807) is 0 Å². The number of hydrogen-bond donors (Lipinski definition) is 0. The Hall–Kier alpha value is -1.65. The fraction of sp³-hybridized carbons (Fsp3) is 0.312. The van der Waals surface area contributed by atoms with Crippen LogP contribution in [0.3, 0.4) is 0 Å². The summed E-state index contributed by atoms with van der Waals surface area (Å²) in [5, 5.41) is 2.08. The van der Waals surface area contributed by atoms with Crippen LogP contribution in [0.5, 0.6) is 0 Å². The number of benzene rings is 1. The van der Waals surface area contributed by atoms with Crippen molar-refractivity contribution in [1.82, 2.24) is 4.90 Å². The molecule has 0 atom stereocenters. The third kappa shape index (κ3) is 3.08. The first-order valence-electron chi connectivity index (χ1n) is 6.90. The molecule has 0 bridgehead atoms. The zero-order chi connectivity index (χ0) is 13.8. The van der Waals surface area contributed by atoms with E-state index in [0.717, 1.165) is 43.9 Å². The lowest BCUT2D eigenvalue weighted by Gasteiger charge is -2.35. The number of carbonyl (C=O) groups is 1. The van der Waals surface area contributed by atoms with Gasteiger partial charge in [-0.1, -0.05) is 30.3 Å². The summed E-state index contributed by atoms with van der Waals surface area (Å²) in [6.07, 6.45) is 0.930. The Morgan fingerprint density at radius 1 is 1.10 bits per heavy atom. The highest BCUT2D eigenvalue weighted by atomic mass is 32.1. The molecule has 0 radical (unpaired) electrons. The topological polar surface area (TPSA) is 23.6 Å². The number of hydrogen-bond acceptors (Lipinski definition) is 4. The first-order valence-corrected chi connectivity index (χ1v) is 7.78. The van der Waals surface area contributed by atoms with Crippen LogP contribution in [0.25, 0.3) is 0 Å². The van der Waals surface area contributed by atoms with Gasteiger partial charge < -0.3 is 4.90 Å². The number of piperazine rings is 1. The van der Waals surface area contributed by atoms with Crippen LogP contribution in [0.1, 0.15) is 15.2 Å². The fourth-order valence-electron chi connectivity index (χ4n) is 2.58. The largest absolute Gasteiger partial charge is 0.368 e. The number of aldehydes is 1. The van der Waals surface area contributed by atoms with Gasteiger partial charge in [-0.15, -0.1) is 11.3 Å². The summed E-state index contributed by atoms with van der Waals surface area (Å²) >= 11 is 1.52. The van der Waals surface area contributed by atoms with Gasteiger partial charge in [-0.2, -0.15) is 0 Å². The average Bonchev–Trinajstić information content (AvgIpc) is 2.98. The number of nitrogens with zero attached hydrogens (tertiary/aromatic N) is 2. The minimum atomic E-state index is 0.812. The van der Waals surface area contributed by atoms with Gasteiger partial charge in [-0.25, -0.2) is 0 Å². The molecule has 2 aromatic rings. The lowest BCUT2D eigenvalue weighted by molar-refractivity contribution is 0.112. The molecule has 1 aromatic carbocycles. The zero-order valence-corrected chi connectivity index (χ0v) is 12.2. The molecule has 0 unspecified atom stereocenters. The second-order valence-corrected chi connectivity index (χ2v) is 6.02. The van der Waals surface area contributed by atoms with E-state index in [1.807, 2.05) is 6.07 Å². The second-order valence-electron chi connectivity index (χ2n) is 5.07. The molecule has 1 aromatic heterocycles. The van der Waals surface area contributed by atoms with Gasteiger partial charge in [-0.05, 0) is 11.6 Å². The van der Waals surface area contributed by atoms with Crippen LogP contribution in [0.4, 0.5) is 5.69 Å². The van der Waals surface area contributed by atoms with Crippen molar-refractivity contribution in [3.05, 3.63) is 52.2 Å². The van der Waals surface area contributed by atoms with E-state index < -0.39 is 0 Å². The highest BCUT2D eigenvalue weighted by molar-refractivity contribution is 7.12. The predicted octanol–water partition coefficient (Wildman–Crippen LogP) is 2.88. The van der Waals surface area contributed by atoms with Gasteiger partial charge in [0.25, 0.3) is 0 Å². The van der Waals surface area contributed by atoms with Crippen LogP contribution in [0.2, 0.25) is 0 Å². The summed E-state index contributed by atoms with van der Waals surface area (Å²) in [6.45, 7) is 5.23. The van der Waals surface area contributed by atoms with Crippen LogP contribution in [-0.4, -0.2) is 37.4 Å². The lowest BCUT2D eigenvalue weighted by Crippen LogP contribution is -2.45. The molecule has 0 aliphatic carbocycles. The Balaban J connectivity index is 1.55. The fourth-order valence-corrected chi connectivity index (χ4v) is 3.29. The summed E-state index contributed by atoms with van der Waals surface area (Å²) in [7, 11) is 0. The van der Waals surface area contributed by atoms with Crippen molar-refractivity contribution in [2.24, 2.45) is 0 Å². The monoisotopic (exact) mass is 286 g/mol. The van der Waals surface area contributed by atoms with Gasteiger partial charge in [0.05, 0.1) is 4.88 Å². The minimum absolute atomic E-state index is 0.812. The van der Waals surface area contributed by atoms with E-state index in [-0.39, 0.29) is 0 Å². The molecule has 3 rings (SSSR count). The maximum absolute atomic E-state index is 10.7. The Bertz CT molecular complexity index is 559. The van der Waals surface area contributed by atoms with Gasteiger partial charge in [0.15, 0.2) is 6.29 Å². The molecule has 1 aliphatic rings. The van der Waals surface area contributed by atoms with Crippen molar-refractivity contribution in [3.8, 4) is 0 Å². The summed E-state index contributed by atoms with van der Waals surface area (Å²) in [5.74, 6) is 0. The molecular formula is C16H18N2OS. The Morgan fingerprint density at radius 2 is 1.85 bits per heavy atom. The van der Waals surface area contributed by atoms with Crippen molar-refractivity contribution in [2.75, 3.05) is 31.1 Å². The van der Waals surface area contributed by atoms with Gasteiger partial charge in [0, 0.05) is 43.8 Å². The van der Waals surface area contributed by atoms with Crippen molar-refractivity contribution in [3.63, 3.8) is 0 Å². The third-order valence-corrected chi connectivity index (χ3v) is 4.55. The van der Waals surface area contributed by atoms with Crippen molar-refractivity contribution >= 4 is 23.3 Å². The van der Waals surface area contributed by atoms with Crippen LogP contribution in [0, 0.1) is 0 Å². The number of anilines is 1. The predicted molar refractivity (Wildman–Crippen MR) is 83.6 cm³/mol. The van der Waals surface area contributed by atoms with Crippen LogP contribution in [0.15, 0.2) is 41.8 Å². The highest BCUT2D eigenvalue weighted by Gasteiger charge is 2.18. The maximum atomic E-state index is 10.7. The molecule has 3 nitrogen and oxygen atoms in total. The number of carbonyl (C=O) groups excluding carboxylic acids is 1. The van der Waals surface area contributed by atoms with Crippen molar-refractivity contribution in [1.29, 1.82) is 0 Å². The smallest absolute Gasteiger partial charge is 0.160 e. The highest BCUT2D eigenvalue weighted by Crippen LogP contribution is 2.23. The third-order valence-electron chi connectivity index (χ3n) is 3.71. The summed E-state index contributed by atoms with van der Waals surface area (Å²) in [5.41, 5.74) is 2.57.